The Labute approximate surface area is 99.7 Å². The quantitative estimate of drug-likeness (QED) is 0.714. The summed E-state index contributed by atoms with van der Waals surface area (Å²) in [6, 6.07) is 0. The highest BCUT2D eigenvalue weighted by Gasteiger charge is 2.32. The van der Waals surface area contributed by atoms with Crippen LogP contribution in [0.5, 0.6) is 0 Å². The van der Waals surface area contributed by atoms with Crippen molar-refractivity contribution in [3.8, 4) is 0 Å². The first kappa shape index (κ1) is 13.2. The summed E-state index contributed by atoms with van der Waals surface area (Å²) in [5.74, 6) is 2.27. The van der Waals surface area contributed by atoms with Crippen molar-refractivity contribution < 1.29 is 9.53 Å². The van der Waals surface area contributed by atoms with E-state index in [1.807, 2.05) is 40.3 Å². The van der Waals surface area contributed by atoms with Gasteiger partial charge < -0.3 is 9.64 Å². The maximum Gasteiger partial charge on any atom is 0.230 e. The first-order valence-corrected chi connectivity index (χ1v) is 7.59. The smallest absolute Gasteiger partial charge is 0.230 e. The molecule has 1 rings (SSSR count). The minimum atomic E-state index is -0.394. The van der Waals surface area contributed by atoms with Crippen molar-refractivity contribution >= 4 is 27.5 Å². The van der Waals surface area contributed by atoms with Crippen LogP contribution in [0.25, 0.3) is 0 Å². The lowest BCUT2D eigenvalue weighted by Crippen LogP contribution is -2.44. The van der Waals surface area contributed by atoms with Crippen molar-refractivity contribution in [3.05, 3.63) is 0 Å². The molecular weight excluding hydrogens is 230 g/mol. The van der Waals surface area contributed by atoms with Crippen LogP contribution in [0.3, 0.4) is 0 Å². The first-order chi connectivity index (χ1) is 7.08. The molecule has 0 saturated carbocycles. The molecule has 1 fully saturated rings. The summed E-state index contributed by atoms with van der Waals surface area (Å²) < 4.78 is 5.09. The van der Waals surface area contributed by atoms with E-state index in [4.69, 9.17) is 4.74 Å². The van der Waals surface area contributed by atoms with Crippen molar-refractivity contribution in [2.75, 3.05) is 38.3 Å². The highest BCUT2D eigenvalue weighted by atomic mass is 33.1. The Hall–Kier alpha value is 0.130. The molecule has 0 radical (unpaired) electrons. The van der Waals surface area contributed by atoms with Crippen LogP contribution < -0.4 is 0 Å². The minimum Gasteiger partial charge on any atom is -0.384 e. The number of hydrogen-bond acceptors (Lipinski definition) is 4. The molecule has 1 amide bonds. The second-order valence-corrected chi connectivity index (χ2v) is 6.96. The topological polar surface area (TPSA) is 29.5 Å². The van der Waals surface area contributed by atoms with E-state index in [9.17, 15) is 4.79 Å². The average Bonchev–Trinajstić information content (AvgIpc) is 2.44. The van der Waals surface area contributed by atoms with Gasteiger partial charge in [0.15, 0.2) is 0 Å². The van der Waals surface area contributed by atoms with Crippen LogP contribution in [-0.2, 0) is 9.53 Å². The standard InChI is InChI=1S/C10H19NO2S2/c1-10(2,8-13-3)9(12)11-4-6-14-15-7-5-11/h4-8H2,1-3H3. The zero-order valence-electron chi connectivity index (χ0n) is 9.62. The van der Waals surface area contributed by atoms with Crippen LogP contribution in [0.15, 0.2) is 0 Å². The largest absolute Gasteiger partial charge is 0.384 e. The zero-order chi connectivity index (χ0) is 11.3. The van der Waals surface area contributed by atoms with Crippen LogP contribution in [-0.4, -0.2) is 49.1 Å². The van der Waals surface area contributed by atoms with Crippen molar-refractivity contribution in [1.29, 1.82) is 0 Å². The van der Waals surface area contributed by atoms with E-state index in [-0.39, 0.29) is 5.91 Å². The number of nitrogens with zero attached hydrogens (tertiary/aromatic N) is 1. The fourth-order valence-corrected chi connectivity index (χ4v) is 3.56. The molecule has 5 heteroatoms. The van der Waals surface area contributed by atoms with Gasteiger partial charge in [0, 0.05) is 31.7 Å². The Balaban J connectivity index is 2.56. The van der Waals surface area contributed by atoms with Crippen LogP contribution in [0.1, 0.15) is 13.8 Å². The molecule has 1 heterocycles. The third-order valence-electron chi connectivity index (χ3n) is 2.34. The highest BCUT2D eigenvalue weighted by Crippen LogP contribution is 2.26. The third-order valence-corrected chi connectivity index (χ3v) is 4.71. The lowest BCUT2D eigenvalue weighted by Gasteiger charge is -2.30. The maximum absolute atomic E-state index is 12.2. The molecule has 0 aromatic carbocycles. The van der Waals surface area contributed by atoms with E-state index < -0.39 is 5.41 Å². The average molecular weight is 249 g/mol. The summed E-state index contributed by atoms with van der Waals surface area (Å²) in [5.41, 5.74) is -0.394. The number of ether oxygens (including phenoxy) is 1. The van der Waals surface area contributed by atoms with Crippen molar-refractivity contribution in [3.63, 3.8) is 0 Å². The zero-order valence-corrected chi connectivity index (χ0v) is 11.2. The second-order valence-electron chi connectivity index (χ2n) is 4.25. The van der Waals surface area contributed by atoms with Crippen molar-refractivity contribution in [1.82, 2.24) is 4.90 Å². The number of amides is 1. The molecule has 1 aliphatic heterocycles. The van der Waals surface area contributed by atoms with Crippen LogP contribution in [0.2, 0.25) is 0 Å². The summed E-state index contributed by atoms with van der Waals surface area (Å²) in [7, 11) is 5.35. The normalized spacial score (nSPS) is 18.7. The van der Waals surface area contributed by atoms with Gasteiger partial charge in [-0.2, -0.15) is 0 Å². The van der Waals surface area contributed by atoms with Gasteiger partial charge in [0.05, 0.1) is 12.0 Å². The number of methoxy groups -OCH3 is 1. The SMILES string of the molecule is COCC(C)(C)C(=O)N1CCSSCC1. The lowest BCUT2D eigenvalue weighted by molar-refractivity contribution is -0.142. The van der Waals surface area contributed by atoms with Gasteiger partial charge in [0.2, 0.25) is 5.91 Å². The predicted octanol–water partition coefficient (Wildman–Crippen LogP) is 1.88. The monoisotopic (exact) mass is 249 g/mol. The molecular formula is C10H19NO2S2. The second kappa shape index (κ2) is 6.01. The first-order valence-electron chi connectivity index (χ1n) is 5.10. The fourth-order valence-electron chi connectivity index (χ4n) is 1.58. The van der Waals surface area contributed by atoms with E-state index in [1.54, 1.807) is 7.11 Å². The van der Waals surface area contributed by atoms with Gasteiger partial charge in [0.25, 0.3) is 0 Å². The van der Waals surface area contributed by atoms with Gasteiger partial charge in [-0.3, -0.25) is 4.79 Å². The Morgan fingerprint density at radius 3 is 2.33 bits per heavy atom. The third kappa shape index (κ3) is 3.89. The maximum atomic E-state index is 12.2. The summed E-state index contributed by atoms with van der Waals surface area (Å²) in [5, 5.41) is 0. The van der Waals surface area contributed by atoms with E-state index >= 15 is 0 Å². The van der Waals surface area contributed by atoms with Gasteiger partial charge in [-0.05, 0) is 13.8 Å². The van der Waals surface area contributed by atoms with Crippen molar-refractivity contribution in [2.24, 2.45) is 5.41 Å². The Morgan fingerprint density at radius 2 is 1.87 bits per heavy atom. The summed E-state index contributed by atoms with van der Waals surface area (Å²) in [6.07, 6.45) is 0. The molecule has 0 bridgehead atoms. The highest BCUT2D eigenvalue weighted by molar-refractivity contribution is 8.76. The lowest BCUT2D eigenvalue weighted by atomic mass is 9.93. The number of carbonyl (C=O) groups is 1. The number of hydrogen-bond donors (Lipinski definition) is 0. The summed E-state index contributed by atoms with van der Waals surface area (Å²) in [4.78, 5) is 14.2. The predicted molar refractivity (Wildman–Crippen MR) is 67.2 cm³/mol. The number of carbonyl (C=O) groups excluding carboxylic acids is 1. The Morgan fingerprint density at radius 1 is 1.33 bits per heavy atom. The van der Waals surface area contributed by atoms with E-state index in [0.717, 1.165) is 24.6 Å². The summed E-state index contributed by atoms with van der Waals surface area (Å²) >= 11 is 0. The molecule has 0 aromatic heterocycles. The minimum absolute atomic E-state index is 0.215. The van der Waals surface area contributed by atoms with Gasteiger partial charge in [-0.1, -0.05) is 21.6 Å². The summed E-state index contributed by atoms with van der Waals surface area (Å²) in [6.45, 7) is 6.12. The molecule has 0 atom stereocenters. The molecule has 0 aliphatic carbocycles. The van der Waals surface area contributed by atoms with Crippen LogP contribution in [0.4, 0.5) is 0 Å². The molecule has 0 aromatic rings. The number of rotatable bonds is 3. The molecule has 15 heavy (non-hydrogen) atoms. The molecule has 1 saturated heterocycles. The molecule has 0 unspecified atom stereocenters. The molecule has 1 aliphatic rings. The Kier molecular flexibility index (Phi) is 5.29. The van der Waals surface area contributed by atoms with Gasteiger partial charge in [0.1, 0.15) is 0 Å². The van der Waals surface area contributed by atoms with Gasteiger partial charge >= 0.3 is 0 Å². The van der Waals surface area contributed by atoms with Gasteiger partial charge in [-0.15, -0.1) is 0 Å². The molecule has 0 spiro atoms. The van der Waals surface area contributed by atoms with Crippen molar-refractivity contribution in [2.45, 2.75) is 13.8 Å². The van der Waals surface area contributed by atoms with Gasteiger partial charge in [-0.25, -0.2) is 0 Å². The fraction of sp³-hybridized carbons (Fsp3) is 0.900. The molecule has 0 N–H and O–H groups in total. The van der Waals surface area contributed by atoms with E-state index in [0.29, 0.717) is 6.61 Å². The molecule has 3 nitrogen and oxygen atoms in total. The van der Waals surface area contributed by atoms with Crippen LogP contribution in [0, 0.1) is 5.41 Å². The van der Waals surface area contributed by atoms with Crippen LogP contribution >= 0.6 is 21.6 Å². The van der Waals surface area contributed by atoms with E-state index in [2.05, 4.69) is 0 Å². The van der Waals surface area contributed by atoms with E-state index in [1.165, 1.54) is 0 Å². The molecule has 88 valence electrons. The Bertz CT molecular complexity index is 213.